The van der Waals surface area contributed by atoms with Crippen molar-refractivity contribution in [3.05, 3.63) is 63.6 Å². The lowest BCUT2D eigenvalue weighted by atomic mass is 10.1. The van der Waals surface area contributed by atoms with Crippen molar-refractivity contribution in [3.63, 3.8) is 0 Å². The first-order valence-corrected chi connectivity index (χ1v) is 8.04. The molecule has 0 aliphatic carbocycles. The Morgan fingerprint density at radius 3 is 2.46 bits per heavy atom. The largest absolute Gasteiger partial charge is 0.361 e. The van der Waals surface area contributed by atoms with Crippen molar-refractivity contribution in [3.8, 4) is 0 Å². The molecule has 0 spiro atoms. The van der Waals surface area contributed by atoms with Gasteiger partial charge in [0.1, 0.15) is 0 Å². The predicted molar refractivity (Wildman–Crippen MR) is 100 cm³/mol. The van der Waals surface area contributed by atoms with E-state index in [2.05, 4.69) is 10.4 Å². The van der Waals surface area contributed by atoms with Crippen LogP contribution in [0.15, 0.2) is 47.6 Å². The fourth-order valence-electron chi connectivity index (χ4n) is 1.95. The van der Waals surface area contributed by atoms with E-state index in [0.29, 0.717) is 22.0 Å². The van der Waals surface area contributed by atoms with E-state index in [4.69, 9.17) is 28.9 Å². The van der Waals surface area contributed by atoms with E-state index >= 15 is 0 Å². The molecule has 0 fully saturated rings. The smallest absolute Gasteiger partial charge is 0.329 e. The van der Waals surface area contributed by atoms with Gasteiger partial charge in [0.15, 0.2) is 0 Å². The lowest BCUT2D eigenvalue weighted by Crippen LogP contribution is -2.33. The molecule has 4 N–H and O–H groups in total. The molecule has 0 aliphatic rings. The van der Waals surface area contributed by atoms with Gasteiger partial charge in [-0.2, -0.15) is 5.10 Å². The zero-order valence-electron chi connectivity index (χ0n) is 13.5. The van der Waals surface area contributed by atoms with Crippen molar-refractivity contribution in [2.24, 2.45) is 10.8 Å². The molecule has 0 aromatic heterocycles. The summed E-state index contributed by atoms with van der Waals surface area (Å²) in [7, 11) is 0. The minimum atomic E-state index is -1.14. The quantitative estimate of drug-likeness (QED) is 0.421. The topological polar surface area (TPSA) is 114 Å². The molecule has 7 nitrogen and oxygen atoms in total. The molecular weight excluding hydrogens is 379 g/mol. The lowest BCUT2D eigenvalue weighted by Gasteiger charge is -2.09. The molecule has 3 amide bonds. The second-order valence-corrected chi connectivity index (χ2v) is 6.01. The molecule has 0 radical (unpaired) electrons. The van der Waals surface area contributed by atoms with Gasteiger partial charge in [-0.15, -0.1) is 0 Å². The molecule has 134 valence electrons. The average Bonchev–Trinajstić information content (AvgIpc) is 2.59. The van der Waals surface area contributed by atoms with E-state index in [9.17, 15) is 14.4 Å². The van der Waals surface area contributed by atoms with Gasteiger partial charge in [-0.1, -0.05) is 35.3 Å². The molecule has 2 aromatic carbocycles. The number of hydrogen-bond donors (Lipinski definition) is 3. The zero-order chi connectivity index (χ0) is 19.3. The summed E-state index contributed by atoms with van der Waals surface area (Å²) in [5.74, 6) is -2.56. The molecule has 0 saturated carbocycles. The number of hydrazone groups is 1. The van der Waals surface area contributed by atoms with E-state index in [1.807, 2.05) is 5.43 Å². The molecule has 9 heteroatoms. The summed E-state index contributed by atoms with van der Waals surface area (Å²) in [5, 5.41) is 7.16. The van der Waals surface area contributed by atoms with Crippen LogP contribution in [0.2, 0.25) is 10.0 Å². The SMILES string of the molecule is CC(=NNC(=O)C(N)=O)c1cccc(NC(=O)c2ccc(Cl)cc2Cl)c1. The Morgan fingerprint density at radius 2 is 1.81 bits per heavy atom. The second kappa shape index (κ2) is 8.46. The van der Waals surface area contributed by atoms with Crippen LogP contribution < -0.4 is 16.5 Å². The summed E-state index contributed by atoms with van der Waals surface area (Å²) < 4.78 is 0. The minimum absolute atomic E-state index is 0.234. The van der Waals surface area contributed by atoms with E-state index in [0.717, 1.165) is 0 Å². The summed E-state index contributed by atoms with van der Waals surface area (Å²) in [6, 6.07) is 11.3. The number of nitrogens with zero attached hydrogens (tertiary/aromatic N) is 1. The van der Waals surface area contributed by atoms with Gasteiger partial charge in [0.05, 0.1) is 16.3 Å². The van der Waals surface area contributed by atoms with Crippen molar-refractivity contribution in [1.29, 1.82) is 0 Å². The first-order valence-electron chi connectivity index (χ1n) is 7.29. The van der Waals surface area contributed by atoms with Crippen LogP contribution >= 0.6 is 23.2 Å². The van der Waals surface area contributed by atoms with Gasteiger partial charge in [-0.3, -0.25) is 14.4 Å². The normalized spacial score (nSPS) is 11.0. The highest BCUT2D eigenvalue weighted by Gasteiger charge is 2.12. The van der Waals surface area contributed by atoms with Gasteiger partial charge >= 0.3 is 11.8 Å². The van der Waals surface area contributed by atoms with Crippen LogP contribution in [0.3, 0.4) is 0 Å². The molecule has 0 bridgehead atoms. The number of nitrogens with one attached hydrogen (secondary N) is 2. The summed E-state index contributed by atoms with van der Waals surface area (Å²) in [4.78, 5) is 34.2. The minimum Gasteiger partial charge on any atom is -0.361 e. The second-order valence-electron chi connectivity index (χ2n) is 5.16. The maximum absolute atomic E-state index is 12.3. The lowest BCUT2D eigenvalue weighted by molar-refractivity contribution is -0.137. The Balaban J connectivity index is 2.16. The Kier molecular flexibility index (Phi) is 6.32. The number of benzene rings is 2. The third-order valence-electron chi connectivity index (χ3n) is 3.26. The number of primary amides is 1. The number of carbonyl (C=O) groups excluding carboxylic acids is 3. The van der Waals surface area contributed by atoms with Gasteiger partial charge in [-0.25, -0.2) is 5.43 Å². The average molecular weight is 393 g/mol. The van der Waals surface area contributed by atoms with Crippen LogP contribution in [0.5, 0.6) is 0 Å². The van der Waals surface area contributed by atoms with Crippen LogP contribution in [-0.2, 0) is 9.59 Å². The van der Waals surface area contributed by atoms with Gasteiger partial charge in [-0.05, 0) is 42.8 Å². The standard InChI is InChI=1S/C17H14Cl2N4O3/c1-9(22-23-17(26)15(20)24)10-3-2-4-12(7-10)21-16(25)13-6-5-11(18)8-14(13)19/h2-8H,1H3,(H2,20,24)(H,21,25)(H,23,26). The van der Waals surface area contributed by atoms with E-state index < -0.39 is 17.7 Å². The highest BCUT2D eigenvalue weighted by Crippen LogP contribution is 2.22. The van der Waals surface area contributed by atoms with E-state index in [-0.39, 0.29) is 10.6 Å². The summed E-state index contributed by atoms with van der Waals surface area (Å²) in [5.41, 5.74) is 8.68. The Labute approximate surface area is 159 Å². The van der Waals surface area contributed by atoms with Crippen LogP contribution in [0, 0.1) is 0 Å². The van der Waals surface area contributed by atoms with E-state index in [1.165, 1.54) is 12.1 Å². The van der Waals surface area contributed by atoms with Crippen LogP contribution in [0.1, 0.15) is 22.8 Å². The van der Waals surface area contributed by atoms with Crippen molar-refractivity contribution < 1.29 is 14.4 Å². The molecule has 0 heterocycles. The molecular formula is C17H14Cl2N4O3. The number of nitrogens with two attached hydrogens (primary N) is 1. The van der Waals surface area contributed by atoms with Crippen molar-refractivity contribution in [2.75, 3.05) is 5.32 Å². The van der Waals surface area contributed by atoms with E-state index in [1.54, 1.807) is 37.3 Å². The fraction of sp³-hybridized carbons (Fsp3) is 0.0588. The monoisotopic (exact) mass is 392 g/mol. The van der Waals surface area contributed by atoms with Crippen LogP contribution in [0.4, 0.5) is 5.69 Å². The Hall–Kier alpha value is -2.90. The zero-order valence-corrected chi connectivity index (χ0v) is 15.1. The van der Waals surface area contributed by atoms with Gasteiger partial charge < -0.3 is 11.1 Å². The molecule has 2 rings (SSSR count). The number of carbonyl (C=O) groups is 3. The Bertz CT molecular complexity index is 913. The highest BCUT2D eigenvalue weighted by molar-refractivity contribution is 6.37. The summed E-state index contributed by atoms with van der Waals surface area (Å²) in [6.45, 7) is 1.62. The molecule has 0 unspecified atom stereocenters. The number of amides is 3. The van der Waals surface area contributed by atoms with Crippen LogP contribution in [-0.4, -0.2) is 23.4 Å². The third-order valence-corrected chi connectivity index (χ3v) is 3.81. The number of rotatable bonds is 4. The Morgan fingerprint density at radius 1 is 1.08 bits per heavy atom. The molecule has 0 atom stereocenters. The number of anilines is 1. The summed E-state index contributed by atoms with van der Waals surface area (Å²) >= 11 is 11.8. The fourth-order valence-corrected chi connectivity index (χ4v) is 2.44. The number of hydrogen-bond acceptors (Lipinski definition) is 4. The summed E-state index contributed by atoms with van der Waals surface area (Å²) in [6.07, 6.45) is 0. The first-order chi connectivity index (χ1) is 12.3. The predicted octanol–water partition coefficient (Wildman–Crippen LogP) is 2.57. The van der Waals surface area contributed by atoms with Crippen molar-refractivity contribution in [2.45, 2.75) is 6.92 Å². The van der Waals surface area contributed by atoms with Crippen molar-refractivity contribution in [1.82, 2.24) is 5.43 Å². The molecule has 0 saturated heterocycles. The van der Waals surface area contributed by atoms with Gasteiger partial charge in [0.2, 0.25) is 0 Å². The molecule has 2 aromatic rings. The number of halogens is 2. The molecule has 0 aliphatic heterocycles. The maximum atomic E-state index is 12.3. The third kappa shape index (κ3) is 5.05. The van der Waals surface area contributed by atoms with Crippen molar-refractivity contribution >= 4 is 52.3 Å². The molecule has 26 heavy (non-hydrogen) atoms. The maximum Gasteiger partial charge on any atom is 0.329 e. The highest BCUT2D eigenvalue weighted by atomic mass is 35.5. The first kappa shape index (κ1) is 19.4. The van der Waals surface area contributed by atoms with Crippen LogP contribution in [0.25, 0.3) is 0 Å². The van der Waals surface area contributed by atoms with Gasteiger partial charge in [0.25, 0.3) is 5.91 Å². The van der Waals surface area contributed by atoms with Gasteiger partial charge in [0, 0.05) is 10.7 Å².